The summed E-state index contributed by atoms with van der Waals surface area (Å²) in [5.74, 6) is 0.837. The molecule has 20 heavy (non-hydrogen) atoms. The standard InChI is InChI=1S/C16H20N2O2/c1-12(13-5-3-7-15(9-13)20-2)18-11-16(19)14-6-4-8-17-10-14/h3-10,12,16,18-19H,11H2,1-2H3/t12-,16+/m0/s1. The largest absolute Gasteiger partial charge is 0.497 e. The lowest BCUT2D eigenvalue weighted by Crippen LogP contribution is -2.24. The van der Waals surface area contributed by atoms with Gasteiger partial charge in [0.15, 0.2) is 0 Å². The molecule has 2 rings (SSSR count). The van der Waals surface area contributed by atoms with E-state index in [9.17, 15) is 5.11 Å². The van der Waals surface area contributed by atoms with Gasteiger partial charge in [-0.05, 0) is 30.7 Å². The minimum atomic E-state index is -0.559. The van der Waals surface area contributed by atoms with Crippen LogP contribution >= 0.6 is 0 Å². The molecule has 0 unspecified atom stereocenters. The van der Waals surface area contributed by atoms with Crippen molar-refractivity contribution in [2.45, 2.75) is 19.1 Å². The highest BCUT2D eigenvalue weighted by Gasteiger charge is 2.11. The molecule has 0 bridgehead atoms. The molecule has 0 aliphatic rings. The maximum Gasteiger partial charge on any atom is 0.119 e. The van der Waals surface area contributed by atoms with E-state index < -0.39 is 6.10 Å². The van der Waals surface area contributed by atoms with E-state index >= 15 is 0 Å². The molecule has 0 saturated carbocycles. The Morgan fingerprint density at radius 2 is 2.05 bits per heavy atom. The molecule has 0 amide bonds. The number of nitrogens with one attached hydrogen (secondary N) is 1. The monoisotopic (exact) mass is 272 g/mol. The van der Waals surface area contributed by atoms with Crippen LogP contribution < -0.4 is 10.1 Å². The van der Waals surface area contributed by atoms with Gasteiger partial charge < -0.3 is 15.2 Å². The second-order valence-electron chi connectivity index (χ2n) is 4.71. The van der Waals surface area contributed by atoms with Gasteiger partial charge in [0.05, 0.1) is 13.2 Å². The van der Waals surface area contributed by atoms with Crippen molar-refractivity contribution in [2.24, 2.45) is 0 Å². The Kier molecular flexibility index (Phi) is 5.09. The normalized spacial score (nSPS) is 13.8. The van der Waals surface area contributed by atoms with Gasteiger partial charge in [0.25, 0.3) is 0 Å². The van der Waals surface area contributed by atoms with Gasteiger partial charge in [-0.15, -0.1) is 0 Å². The molecule has 0 aliphatic heterocycles. The van der Waals surface area contributed by atoms with Gasteiger partial charge in [0, 0.05) is 30.5 Å². The van der Waals surface area contributed by atoms with E-state index in [1.54, 1.807) is 19.5 Å². The van der Waals surface area contributed by atoms with Crippen molar-refractivity contribution in [3.63, 3.8) is 0 Å². The first-order valence-corrected chi connectivity index (χ1v) is 6.66. The van der Waals surface area contributed by atoms with Crippen LogP contribution in [0.3, 0.4) is 0 Å². The predicted molar refractivity (Wildman–Crippen MR) is 78.6 cm³/mol. The molecule has 0 saturated heterocycles. The van der Waals surface area contributed by atoms with Crippen LogP contribution in [0.4, 0.5) is 0 Å². The summed E-state index contributed by atoms with van der Waals surface area (Å²) in [6, 6.07) is 11.7. The second-order valence-corrected chi connectivity index (χ2v) is 4.71. The van der Waals surface area contributed by atoms with Gasteiger partial charge >= 0.3 is 0 Å². The Bertz CT molecular complexity index is 531. The quantitative estimate of drug-likeness (QED) is 0.848. The predicted octanol–water partition coefficient (Wildman–Crippen LogP) is 2.47. The number of aliphatic hydroxyl groups is 1. The summed E-state index contributed by atoms with van der Waals surface area (Å²) in [6.07, 6.45) is 2.82. The van der Waals surface area contributed by atoms with Crippen LogP contribution in [0, 0.1) is 0 Å². The Labute approximate surface area is 119 Å². The highest BCUT2D eigenvalue weighted by atomic mass is 16.5. The van der Waals surface area contributed by atoms with Gasteiger partial charge in [-0.25, -0.2) is 0 Å². The van der Waals surface area contributed by atoms with Gasteiger partial charge in [-0.2, -0.15) is 0 Å². The lowest BCUT2D eigenvalue weighted by Gasteiger charge is -2.18. The maximum absolute atomic E-state index is 10.1. The van der Waals surface area contributed by atoms with Crippen molar-refractivity contribution >= 4 is 0 Å². The molecule has 0 spiro atoms. The fraction of sp³-hybridized carbons (Fsp3) is 0.312. The average Bonchev–Trinajstić information content (AvgIpc) is 2.53. The van der Waals surface area contributed by atoms with E-state index in [0.717, 1.165) is 16.9 Å². The molecule has 4 nitrogen and oxygen atoms in total. The van der Waals surface area contributed by atoms with Gasteiger partial charge in [0.1, 0.15) is 5.75 Å². The van der Waals surface area contributed by atoms with Crippen LogP contribution in [-0.2, 0) is 0 Å². The third-order valence-corrected chi connectivity index (χ3v) is 3.28. The van der Waals surface area contributed by atoms with E-state index in [1.165, 1.54) is 0 Å². The summed E-state index contributed by atoms with van der Waals surface area (Å²) >= 11 is 0. The molecule has 2 N–H and O–H groups in total. The highest BCUT2D eigenvalue weighted by molar-refractivity contribution is 5.30. The first kappa shape index (κ1) is 14.5. The SMILES string of the molecule is COc1cccc([C@H](C)NC[C@@H](O)c2cccnc2)c1. The summed E-state index contributed by atoms with van der Waals surface area (Å²) in [6.45, 7) is 2.54. The van der Waals surface area contributed by atoms with Gasteiger partial charge in [0.2, 0.25) is 0 Å². The smallest absolute Gasteiger partial charge is 0.119 e. The average molecular weight is 272 g/mol. The number of aromatic nitrogens is 1. The van der Waals surface area contributed by atoms with Crippen LogP contribution in [-0.4, -0.2) is 23.7 Å². The number of nitrogens with zero attached hydrogens (tertiary/aromatic N) is 1. The number of aliphatic hydroxyl groups excluding tert-OH is 1. The Hall–Kier alpha value is -1.91. The molecule has 2 aromatic rings. The van der Waals surface area contributed by atoms with E-state index in [0.29, 0.717) is 6.54 Å². The van der Waals surface area contributed by atoms with Crippen LogP contribution in [0.15, 0.2) is 48.8 Å². The molecular formula is C16H20N2O2. The minimum Gasteiger partial charge on any atom is -0.497 e. The number of ether oxygens (including phenoxy) is 1. The van der Waals surface area contributed by atoms with Crippen molar-refractivity contribution in [1.29, 1.82) is 0 Å². The van der Waals surface area contributed by atoms with Crippen molar-refractivity contribution in [1.82, 2.24) is 10.3 Å². The summed E-state index contributed by atoms with van der Waals surface area (Å²) in [4.78, 5) is 4.01. The molecule has 1 aromatic carbocycles. The lowest BCUT2D eigenvalue weighted by molar-refractivity contribution is 0.170. The zero-order valence-electron chi connectivity index (χ0n) is 11.8. The lowest BCUT2D eigenvalue weighted by atomic mass is 10.1. The van der Waals surface area contributed by atoms with Crippen molar-refractivity contribution in [2.75, 3.05) is 13.7 Å². The summed E-state index contributed by atoms with van der Waals surface area (Å²) in [5.41, 5.74) is 1.94. The van der Waals surface area contributed by atoms with Crippen LogP contribution in [0.25, 0.3) is 0 Å². The Morgan fingerprint density at radius 3 is 2.75 bits per heavy atom. The number of rotatable bonds is 6. The summed E-state index contributed by atoms with van der Waals surface area (Å²) in [5, 5.41) is 13.4. The number of hydrogen-bond donors (Lipinski definition) is 2. The molecule has 0 fully saturated rings. The fourth-order valence-corrected chi connectivity index (χ4v) is 2.01. The minimum absolute atomic E-state index is 0.136. The Balaban J connectivity index is 1.93. The first-order chi connectivity index (χ1) is 9.70. The number of pyridine rings is 1. The molecule has 4 heteroatoms. The topological polar surface area (TPSA) is 54.4 Å². The van der Waals surface area contributed by atoms with Crippen LogP contribution in [0.5, 0.6) is 5.75 Å². The summed E-state index contributed by atoms with van der Waals surface area (Å²) in [7, 11) is 1.66. The molecule has 106 valence electrons. The Morgan fingerprint density at radius 1 is 1.25 bits per heavy atom. The van der Waals surface area contributed by atoms with Crippen molar-refractivity contribution < 1.29 is 9.84 Å². The van der Waals surface area contributed by atoms with E-state index in [2.05, 4.69) is 17.2 Å². The van der Waals surface area contributed by atoms with Crippen molar-refractivity contribution in [3.05, 3.63) is 59.9 Å². The fourth-order valence-electron chi connectivity index (χ4n) is 2.01. The third-order valence-electron chi connectivity index (χ3n) is 3.28. The summed E-state index contributed by atoms with van der Waals surface area (Å²) < 4.78 is 5.21. The van der Waals surface area contributed by atoms with Crippen LogP contribution in [0.1, 0.15) is 30.2 Å². The highest BCUT2D eigenvalue weighted by Crippen LogP contribution is 2.19. The van der Waals surface area contributed by atoms with Crippen molar-refractivity contribution in [3.8, 4) is 5.75 Å². The molecule has 0 aliphatic carbocycles. The third kappa shape index (κ3) is 3.79. The van der Waals surface area contributed by atoms with Crippen LogP contribution in [0.2, 0.25) is 0 Å². The first-order valence-electron chi connectivity index (χ1n) is 6.66. The molecule has 2 atom stereocenters. The molecule has 0 radical (unpaired) electrons. The van der Waals surface area contributed by atoms with Gasteiger partial charge in [-0.1, -0.05) is 18.2 Å². The van der Waals surface area contributed by atoms with Gasteiger partial charge in [-0.3, -0.25) is 4.98 Å². The zero-order valence-corrected chi connectivity index (χ0v) is 11.8. The molecular weight excluding hydrogens is 252 g/mol. The van der Waals surface area contributed by atoms with E-state index in [4.69, 9.17) is 4.74 Å². The maximum atomic E-state index is 10.1. The number of hydrogen-bond acceptors (Lipinski definition) is 4. The van der Waals surface area contributed by atoms with E-state index in [-0.39, 0.29) is 6.04 Å². The molecule has 1 aromatic heterocycles. The number of benzene rings is 1. The molecule has 1 heterocycles. The van der Waals surface area contributed by atoms with E-state index in [1.807, 2.05) is 36.4 Å². The zero-order chi connectivity index (χ0) is 14.4. The number of methoxy groups -OCH3 is 1. The second kappa shape index (κ2) is 7.03.